The molecule has 0 saturated carbocycles. The Labute approximate surface area is 109 Å². The Morgan fingerprint density at radius 1 is 1.28 bits per heavy atom. The van der Waals surface area contributed by atoms with Crippen molar-refractivity contribution in [1.29, 1.82) is 0 Å². The maximum atomic E-state index is 8.63. The van der Waals surface area contributed by atoms with E-state index in [1.165, 1.54) is 5.56 Å². The van der Waals surface area contributed by atoms with Crippen LogP contribution in [0.25, 0.3) is 0 Å². The molecule has 1 unspecified atom stereocenters. The fraction of sp³-hybridized carbons (Fsp3) is 0.571. The van der Waals surface area contributed by atoms with Gasteiger partial charge >= 0.3 is 0 Å². The van der Waals surface area contributed by atoms with Gasteiger partial charge in [0.05, 0.1) is 26.9 Å². The molecule has 0 aliphatic heterocycles. The van der Waals surface area contributed by atoms with Crippen molar-refractivity contribution in [2.75, 3.05) is 40.5 Å². The topological polar surface area (TPSA) is 41.9 Å². The van der Waals surface area contributed by atoms with E-state index in [1.54, 1.807) is 7.11 Å². The van der Waals surface area contributed by atoms with Gasteiger partial charge in [-0.25, -0.2) is 0 Å². The van der Waals surface area contributed by atoms with Crippen LogP contribution in [0.4, 0.5) is 0 Å². The van der Waals surface area contributed by atoms with E-state index in [4.69, 9.17) is 14.6 Å². The van der Waals surface area contributed by atoms with Crippen LogP contribution in [0.5, 0.6) is 5.75 Å². The summed E-state index contributed by atoms with van der Waals surface area (Å²) >= 11 is 0. The van der Waals surface area contributed by atoms with E-state index in [9.17, 15) is 0 Å². The lowest BCUT2D eigenvalue weighted by atomic mass is 10.1. The molecule has 4 heteroatoms. The number of aliphatic hydroxyl groups excluding tert-OH is 1. The first-order chi connectivity index (χ1) is 8.70. The second kappa shape index (κ2) is 8.08. The molecule has 18 heavy (non-hydrogen) atoms. The van der Waals surface area contributed by atoms with Crippen LogP contribution in [0.1, 0.15) is 18.5 Å². The van der Waals surface area contributed by atoms with Crippen molar-refractivity contribution < 1.29 is 14.6 Å². The number of methoxy groups -OCH3 is 1. The average molecular weight is 253 g/mol. The Bertz CT molecular complexity index is 344. The monoisotopic (exact) mass is 253 g/mol. The number of hydrogen-bond acceptors (Lipinski definition) is 4. The number of likely N-dealkylation sites (N-methyl/N-ethyl adjacent to an activating group) is 1. The zero-order valence-electron chi connectivity index (χ0n) is 11.4. The van der Waals surface area contributed by atoms with E-state index in [0.717, 1.165) is 12.3 Å². The number of rotatable bonds is 8. The van der Waals surface area contributed by atoms with Crippen LogP contribution in [0.2, 0.25) is 0 Å². The zero-order valence-corrected chi connectivity index (χ0v) is 11.4. The smallest absolute Gasteiger partial charge is 0.123 e. The van der Waals surface area contributed by atoms with E-state index < -0.39 is 0 Å². The molecule has 0 bridgehead atoms. The lowest BCUT2D eigenvalue weighted by molar-refractivity contribution is 0.0717. The summed E-state index contributed by atoms with van der Waals surface area (Å²) in [7, 11) is 3.75. The molecular formula is C14H23NO3. The van der Waals surface area contributed by atoms with Gasteiger partial charge in [0.1, 0.15) is 5.75 Å². The molecule has 1 aromatic rings. The molecule has 1 atom stereocenters. The first-order valence-electron chi connectivity index (χ1n) is 6.22. The van der Waals surface area contributed by atoms with Crippen LogP contribution in [0.15, 0.2) is 24.3 Å². The maximum Gasteiger partial charge on any atom is 0.123 e. The van der Waals surface area contributed by atoms with Gasteiger partial charge in [-0.1, -0.05) is 18.2 Å². The summed E-state index contributed by atoms with van der Waals surface area (Å²) in [5, 5.41) is 8.63. The highest BCUT2D eigenvalue weighted by atomic mass is 16.5. The van der Waals surface area contributed by atoms with Gasteiger partial charge in [-0.15, -0.1) is 0 Å². The second-order valence-electron chi connectivity index (χ2n) is 4.23. The number of hydrogen-bond donors (Lipinski definition) is 1. The summed E-state index contributed by atoms with van der Waals surface area (Å²) in [6.07, 6.45) is 0. The molecule has 0 saturated heterocycles. The Hall–Kier alpha value is -1.10. The van der Waals surface area contributed by atoms with E-state index in [1.807, 2.05) is 18.2 Å². The summed E-state index contributed by atoms with van der Waals surface area (Å²) in [6, 6.07) is 8.30. The lowest BCUT2D eigenvalue weighted by Crippen LogP contribution is -2.27. The third-order valence-corrected chi connectivity index (χ3v) is 3.07. The molecule has 0 aliphatic carbocycles. The summed E-state index contributed by atoms with van der Waals surface area (Å²) in [4.78, 5) is 2.20. The molecule has 0 amide bonds. The van der Waals surface area contributed by atoms with Crippen LogP contribution in [0.3, 0.4) is 0 Å². The molecule has 1 N–H and O–H groups in total. The third kappa shape index (κ3) is 4.29. The molecule has 0 aromatic heterocycles. The standard InChI is InChI=1S/C14H23NO3/c1-12(15(2)8-10-18-11-9-16)13-6-4-5-7-14(13)17-3/h4-7,12,16H,8-11H2,1-3H3. The van der Waals surface area contributed by atoms with Crippen molar-refractivity contribution in [3.05, 3.63) is 29.8 Å². The van der Waals surface area contributed by atoms with E-state index in [0.29, 0.717) is 13.2 Å². The lowest BCUT2D eigenvalue weighted by Gasteiger charge is -2.26. The fourth-order valence-electron chi connectivity index (χ4n) is 1.82. The number of para-hydroxylation sites is 1. The van der Waals surface area contributed by atoms with Crippen LogP contribution in [-0.4, -0.2) is 50.5 Å². The van der Waals surface area contributed by atoms with Gasteiger partial charge in [-0.05, 0) is 20.0 Å². The minimum atomic E-state index is 0.0752. The highest BCUT2D eigenvalue weighted by Crippen LogP contribution is 2.27. The van der Waals surface area contributed by atoms with Gasteiger partial charge in [0.25, 0.3) is 0 Å². The quantitative estimate of drug-likeness (QED) is 0.716. The zero-order chi connectivity index (χ0) is 13.4. The highest BCUT2D eigenvalue weighted by molar-refractivity contribution is 5.35. The number of benzene rings is 1. The van der Waals surface area contributed by atoms with Crippen LogP contribution < -0.4 is 4.74 Å². The SMILES string of the molecule is COc1ccccc1C(C)N(C)CCOCCO. The molecule has 0 radical (unpaired) electrons. The van der Waals surface area contributed by atoms with E-state index >= 15 is 0 Å². The van der Waals surface area contributed by atoms with Crippen molar-refractivity contribution in [2.24, 2.45) is 0 Å². The van der Waals surface area contributed by atoms with Gasteiger partial charge in [0, 0.05) is 18.2 Å². The third-order valence-electron chi connectivity index (χ3n) is 3.07. The minimum Gasteiger partial charge on any atom is -0.496 e. The molecular weight excluding hydrogens is 230 g/mol. The molecule has 0 spiro atoms. The highest BCUT2D eigenvalue weighted by Gasteiger charge is 2.15. The van der Waals surface area contributed by atoms with E-state index in [-0.39, 0.29) is 12.6 Å². The predicted molar refractivity (Wildman–Crippen MR) is 71.9 cm³/mol. The summed E-state index contributed by atoms with van der Waals surface area (Å²) in [5.41, 5.74) is 1.17. The number of aliphatic hydroxyl groups is 1. The second-order valence-corrected chi connectivity index (χ2v) is 4.23. The van der Waals surface area contributed by atoms with Crippen LogP contribution in [-0.2, 0) is 4.74 Å². The molecule has 0 heterocycles. The molecule has 4 nitrogen and oxygen atoms in total. The summed E-state index contributed by atoms with van der Waals surface area (Å²) in [5.74, 6) is 0.910. The van der Waals surface area contributed by atoms with Gasteiger partial charge in [-0.3, -0.25) is 4.90 Å². The van der Waals surface area contributed by atoms with Gasteiger partial charge in [-0.2, -0.15) is 0 Å². The number of ether oxygens (including phenoxy) is 2. The van der Waals surface area contributed by atoms with Crippen molar-refractivity contribution >= 4 is 0 Å². The van der Waals surface area contributed by atoms with Gasteiger partial charge < -0.3 is 14.6 Å². The average Bonchev–Trinajstić information content (AvgIpc) is 2.42. The minimum absolute atomic E-state index is 0.0752. The Morgan fingerprint density at radius 2 is 2.00 bits per heavy atom. The summed E-state index contributed by atoms with van der Waals surface area (Å²) < 4.78 is 10.6. The fourth-order valence-corrected chi connectivity index (χ4v) is 1.82. The molecule has 1 rings (SSSR count). The van der Waals surface area contributed by atoms with Crippen molar-refractivity contribution in [3.63, 3.8) is 0 Å². The first-order valence-corrected chi connectivity index (χ1v) is 6.22. The van der Waals surface area contributed by atoms with Gasteiger partial charge in [0.15, 0.2) is 0 Å². The normalized spacial score (nSPS) is 12.7. The Kier molecular flexibility index (Phi) is 6.72. The van der Waals surface area contributed by atoms with E-state index in [2.05, 4.69) is 24.9 Å². The first kappa shape index (κ1) is 15.0. The van der Waals surface area contributed by atoms with Crippen molar-refractivity contribution in [2.45, 2.75) is 13.0 Å². The van der Waals surface area contributed by atoms with Crippen LogP contribution >= 0.6 is 0 Å². The molecule has 1 aromatic carbocycles. The van der Waals surface area contributed by atoms with Crippen LogP contribution in [0, 0.1) is 0 Å². The summed E-state index contributed by atoms with van der Waals surface area (Å²) in [6.45, 7) is 4.06. The molecule has 0 fully saturated rings. The molecule has 102 valence electrons. The molecule has 0 aliphatic rings. The Morgan fingerprint density at radius 3 is 2.67 bits per heavy atom. The number of nitrogens with zero attached hydrogens (tertiary/aromatic N) is 1. The maximum absolute atomic E-state index is 8.63. The Balaban J connectivity index is 2.54. The van der Waals surface area contributed by atoms with Gasteiger partial charge in [0.2, 0.25) is 0 Å². The largest absolute Gasteiger partial charge is 0.496 e. The van der Waals surface area contributed by atoms with Crippen molar-refractivity contribution in [3.8, 4) is 5.75 Å². The van der Waals surface area contributed by atoms with Crippen molar-refractivity contribution in [1.82, 2.24) is 4.90 Å². The predicted octanol–water partition coefficient (Wildman–Crippen LogP) is 1.70.